The molecular weight excluding hydrogens is 487 g/mol. The number of aromatic nitrogens is 1. The van der Waals surface area contributed by atoms with Gasteiger partial charge in [0, 0.05) is 58.9 Å². The molecular formula is C19H33IN6OS. The molecule has 0 aromatic carbocycles. The summed E-state index contributed by atoms with van der Waals surface area (Å²) in [7, 11) is 1.76. The van der Waals surface area contributed by atoms with Gasteiger partial charge in [0.2, 0.25) is 5.91 Å². The van der Waals surface area contributed by atoms with Crippen LogP contribution >= 0.6 is 35.7 Å². The van der Waals surface area contributed by atoms with Gasteiger partial charge in [-0.05, 0) is 37.0 Å². The van der Waals surface area contributed by atoms with Gasteiger partial charge in [-0.1, -0.05) is 6.07 Å². The SMILES string of the molecule is CN=C(NCCCCSC)NCCC(=O)N1CCN(c2ccccn2)CC1.I. The fourth-order valence-corrected chi connectivity index (χ4v) is 3.46. The Labute approximate surface area is 190 Å². The lowest BCUT2D eigenvalue weighted by Gasteiger charge is -2.35. The number of unbranched alkanes of at least 4 members (excludes halogenated alkanes) is 1. The topological polar surface area (TPSA) is 72.9 Å². The van der Waals surface area contributed by atoms with E-state index < -0.39 is 0 Å². The Kier molecular flexibility index (Phi) is 13.0. The zero-order valence-electron chi connectivity index (χ0n) is 16.9. The third-order valence-corrected chi connectivity index (χ3v) is 5.23. The van der Waals surface area contributed by atoms with Gasteiger partial charge >= 0.3 is 0 Å². The molecule has 0 unspecified atom stereocenters. The molecule has 158 valence electrons. The van der Waals surface area contributed by atoms with Crippen LogP contribution in [0.1, 0.15) is 19.3 Å². The quantitative estimate of drug-likeness (QED) is 0.225. The van der Waals surface area contributed by atoms with E-state index in [0.717, 1.165) is 50.9 Å². The van der Waals surface area contributed by atoms with Crippen molar-refractivity contribution in [3.8, 4) is 0 Å². The number of aliphatic imine (C=N–C) groups is 1. The lowest BCUT2D eigenvalue weighted by atomic mass is 10.2. The van der Waals surface area contributed by atoms with E-state index in [9.17, 15) is 4.79 Å². The predicted molar refractivity (Wildman–Crippen MR) is 130 cm³/mol. The molecule has 7 nitrogen and oxygen atoms in total. The van der Waals surface area contributed by atoms with Crippen LogP contribution in [0.4, 0.5) is 5.82 Å². The summed E-state index contributed by atoms with van der Waals surface area (Å²) >= 11 is 1.87. The minimum atomic E-state index is 0. The first-order valence-corrected chi connectivity index (χ1v) is 11.0. The molecule has 1 saturated heterocycles. The first-order valence-electron chi connectivity index (χ1n) is 9.62. The van der Waals surface area contributed by atoms with Gasteiger partial charge in [0.1, 0.15) is 5.82 Å². The molecule has 1 amide bonds. The van der Waals surface area contributed by atoms with Crippen LogP contribution in [-0.2, 0) is 4.79 Å². The van der Waals surface area contributed by atoms with Crippen molar-refractivity contribution in [2.45, 2.75) is 19.3 Å². The minimum absolute atomic E-state index is 0. The van der Waals surface area contributed by atoms with Crippen LogP contribution in [0, 0.1) is 0 Å². The molecule has 1 aromatic rings. The van der Waals surface area contributed by atoms with Crippen LogP contribution in [0.15, 0.2) is 29.4 Å². The van der Waals surface area contributed by atoms with Gasteiger partial charge in [0.15, 0.2) is 5.96 Å². The molecule has 1 aromatic heterocycles. The van der Waals surface area contributed by atoms with Gasteiger partial charge in [-0.25, -0.2) is 4.98 Å². The van der Waals surface area contributed by atoms with Gasteiger partial charge in [0.25, 0.3) is 0 Å². The smallest absolute Gasteiger partial charge is 0.224 e. The van der Waals surface area contributed by atoms with Crippen molar-refractivity contribution in [2.24, 2.45) is 4.99 Å². The lowest BCUT2D eigenvalue weighted by Crippen LogP contribution is -2.49. The minimum Gasteiger partial charge on any atom is -0.356 e. The standard InChI is InChI=1S/C19H32N6OS.HI/c1-20-19(22-10-5-6-16-27-2)23-11-8-18(26)25-14-12-24(13-15-25)17-7-3-4-9-21-17;/h3-4,7,9H,5-6,8,10-16H2,1-2H3,(H2,20,22,23);1H. The van der Waals surface area contributed by atoms with E-state index in [-0.39, 0.29) is 29.9 Å². The first-order chi connectivity index (χ1) is 13.2. The fraction of sp³-hybridized carbons (Fsp3) is 0.632. The fourth-order valence-electron chi connectivity index (χ4n) is 2.97. The number of nitrogens with zero attached hydrogens (tertiary/aromatic N) is 4. The first kappa shape index (κ1) is 24.8. The summed E-state index contributed by atoms with van der Waals surface area (Å²) in [6.45, 7) is 4.66. The summed E-state index contributed by atoms with van der Waals surface area (Å²) in [5.74, 6) is 3.14. The number of carbonyl (C=O) groups excluding carboxylic acids is 1. The van der Waals surface area contributed by atoms with Crippen LogP contribution in [0.3, 0.4) is 0 Å². The Morgan fingerprint density at radius 3 is 2.57 bits per heavy atom. The molecule has 9 heteroatoms. The van der Waals surface area contributed by atoms with E-state index in [2.05, 4.69) is 31.8 Å². The number of thioether (sulfide) groups is 1. The molecule has 2 rings (SSSR count). The maximum atomic E-state index is 12.4. The Morgan fingerprint density at radius 2 is 1.93 bits per heavy atom. The van der Waals surface area contributed by atoms with E-state index in [4.69, 9.17) is 0 Å². The molecule has 0 saturated carbocycles. The number of hydrogen-bond acceptors (Lipinski definition) is 5. The zero-order valence-corrected chi connectivity index (χ0v) is 20.0. The average Bonchev–Trinajstić information content (AvgIpc) is 2.73. The molecule has 1 aliphatic heterocycles. The molecule has 1 fully saturated rings. The van der Waals surface area contributed by atoms with Gasteiger partial charge in [-0.15, -0.1) is 24.0 Å². The van der Waals surface area contributed by atoms with Crippen molar-refractivity contribution < 1.29 is 4.79 Å². The molecule has 1 aliphatic rings. The van der Waals surface area contributed by atoms with Gasteiger partial charge < -0.3 is 20.4 Å². The molecule has 0 atom stereocenters. The summed E-state index contributed by atoms with van der Waals surface area (Å²) in [6, 6.07) is 5.93. The van der Waals surface area contributed by atoms with E-state index in [1.165, 1.54) is 12.2 Å². The van der Waals surface area contributed by atoms with Gasteiger partial charge in [0.05, 0.1) is 0 Å². The number of carbonyl (C=O) groups is 1. The molecule has 0 spiro atoms. The number of nitrogens with one attached hydrogen (secondary N) is 2. The largest absolute Gasteiger partial charge is 0.356 e. The number of piperazine rings is 1. The highest BCUT2D eigenvalue weighted by Crippen LogP contribution is 2.12. The third kappa shape index (κ3) is 8.85. The summed E-state index contributed by atoms with van der Waals surface area (Å²) in [5, 5.41) is 6.53. The Hall–Kier alpha value is -1.23. The highest BCUT2D eigenvalue weighted by atomic mass is 127. The predicted octanol–water partition coefficient (Wildman–Crippen LogP) is 2.05. The van der Waals surface area contributed by atoms with Gasteiger partial charge in [-0.2, -0.15) is 11.8 Å². The number of halogens is 1. The number of pyridine rings is 1. The van der Waals surface area contributed by atoms with Crippen LogP contribution in [0.25, 0.3) is 0 Å². The molecule has 2 N–H and O–H groups in total. The third-order valence-electron chi connectivity index (χ3n) is 4.53. The number of anilines is 1. The number of rotatable bonds is 9. The van der Waals surface area contributed by atoms with E-state index in [1.807, 2.05) is 41.1 Å². The van der Waals surface area contributed by atoms with E-state index >= 15 is 0 Å². The van der Waals surface area contributed by atoms with Crippen LogP contribution in [-0.4, -0.2) is 80.1 Å². The zero-order chi connectivity index (χ0) is 19.3. The second-order valence-corrected chi connectivity index (χ2v) is 7.42. The Balaban J connectivity index is 0.00000392. The maximum Gasteiger partial charge on any atom is 0.224 e. The summed E-state index contributed by atoms with van der Waals surface area (Å²) in [4.78, 5) is 25.2. The maximum absolute atomic E-state index is 12.4. The van der Waals surface area contributed by atoms with Crippen molar-refractivity contribution in [2.75, 3.05) is 63.2 Å². The number of hydrogen-bond donors (Lipinski definition) is 2. The lowest BCUT2D eigenvalue weighted by molar-refractivity contribution is -0.131. The van der Waals surface area contributed by atoms with Gasteiger partial charge in [-0.3, -0.25) is 9.79 Å². The highest BCUT2D eigenvalue weighted by Gasteiger charge is 2.21. The summed E-state index contributed by atoms with van der Waals surface area (Å²) in [6.07, 6.45) is 6.75. The van der Waals surface area contributed by atoms with Crippen LogP contribution in [0.2, 0.25) is 0 Å². The number of guanidine groups is 1. The van der Waals surface area contributed by atoms with Crippen molar-refractivity contribution in [1.29, 1.82) is 0 Å². The number of amides is 1. The molecule has 28 heavy (non-hydrogen) atoms. The second kappa shape index (κ2) is 14.7. The molecule has 0 radical (unpaired) electrons. The molecule has 2 heterocycles. The van der Waals surface area contributed by atoms with E-state index in [0.29, 0.717) is 13.0 Å². The molecule has 0 aliphatic carbocycles. The van der Waals surface area contributed by atoms with Crippen molar-refractivity contribution in [3.63, 3.8) is 0 Å². The normalized spacial score (nSPS) is 14.4. The summed E-state index contributed by atoms with van der Waals surface area (Å²) in [5.41, 5.74) is 0. The monoisotopic (exact) mass is 520 g/mol. The molecule has 0 bridgehead atoms. The Bertz CT molecular complexity index is 581. The average molecular weight is 520 g/mol. The van der Waals surface area contributed by atoms with Crippen LogP contribution in [0.5, 0.6) is 0 Å². The van der Waals surface area contributed by atoms with Crippen molar-refractivity contribution in [1.82, 2.24) is 20.5 Å². The highest BCUT2D eigenvalue weighted by molar-refractivity contribution is 14.0. The summed E-state index contributed by atoms with van der Waals surface area (Å²) < 4.78 is 0. The Morgan fingerprint density at radius 1 is 1.18 bits per heavy atom. The van der Waals surface area contributed by atoms with Crippen LogP contribution < -0.4 is 15.5 Å². The second-order valence-electron chi connectivity index (χ2n) is 6.43. The van der Waals surface area contributed by atoms with E-state index in [1.54, 1.807) is 7.05 Å². The van der Waals surface area contributed by atoms with Crippen molar-refractivity contribution >= 4 is 53.4 Å². The van der Waals surface area contributed by atoms with Crippen molar-refractivity contribution in [3.05, 3.63) is 24.4 Å².